The summed E-state index contributed by atoms with van der Waals surface area (Å²) in [6.07, 6.45) is -13.6. The van der Waals surface area contributed by atoms with Crippen LogP contribution in [-0.2, 0) is 9.53 Å². The zero-order chi connectivity index (χ0) is 18.3. The van der Waals surface area contributed by atoms with Crippen molar-refractivity contribution in [2.45, 2.75) is 30.6 Å². The summed E-state index contributed by atoms with van der Waals surface area (Å²) in [4.78, 5) is 14.1. The fraction of sp³-hybridized carbons (Fsp3) is 0.429. The molecule has 134 valence electrons. The van der Waals surface area contributed by atoms with Gasteiger partial charge >= 0.3 is 6.18 Å². The molecule has 0 unspecified atom stereocenters. The molecule has 0 fully saturated rings. The third kappa shape index (κ3) is 5.57. The molecule has 0 heterocycles. The first-order valence-electron chi connectivity index (χ1n) is 6.68. The Morgan fingerprint density at radius 1 is 1.17 bits per heavy atom. The third-order valence-corrected chi connectivity index (χ3v) is 2.88. The summed E-state index contributed by atoms with van der Waals surface area (Å²) in [5.41, 5.74) is -0.111. The van der Waals surface area contributed by atoms with Crippen molar-refractivity contribution >= 4 is 17.9 Å². The quantitative estimate of drug-likeness (QED) is 0.310. The average Bonchev–Trinajstić information content (AvgIpc) is 2.56. The number of hydrogen-bond donors (Lipinski definition) is 4. The summed E-state index contributed by atoms with van der Waals surface area (Å²) in [5.74, 6) is -1.81. The van der Waals surface area contributed by atoms with Crippen LogP contribution in [-0.4, -0.2) is 69.8 Å². The predicted octanol–water partition coefficient (Wildman–Crippen LogP) is -0.0620. The van der Waals surface area contributed by atoms with Crippen molar-refractivity contribution in [2.24, 2.45) is 4.99 Å². The van der Waals surface area contributed by atoms with Crippen molar-refractivity contribution in [3.05, 3.63) is 30.3 Å². The lowest BCUT2D eigenvalue weighted by Gasteiger charge is -2.26. The van der Waals surface area contributed by atoms with Gasteiger partial charge in [-0.1, -0.05) is 18.2 Å². The van der Waals surface area contributed by atoms with E-state index in [0.29, 0.717) is 0 Å². The fourth-order valence-corrected chi connectivity index (χ4v) is 1.61. The SMILES string of the molecule is O=C[C@H](O/C(=N\c1ccccc1)C(F)(F)F)[C@@H](O)[C@H](O)[C@H](O)CO. The Kier molecular flexibility index (Phi) is 7.29. The summed E-state index contributed by atoms with van der Waals surface area (Å²) in [5, 5.41) is 37.0. The monoisotopic (exact) mass is 351 g/mol. The van der Waals surface area contributed by atoms with Crippen molar-refractivity contribution in [1.29, 1.82) is 0 Å². The second-order valence-corrected chi connectivity index (χ2v) is 4.70. The summed E-state index contributed by atoms with van der Waals surface area (Å²) < 4.78 is 43.4. The highest BCUT2D eigenvalue weighted by molar-refractivity contribution is 5.86. The molecule has 0 aliphatic heterocycles. The number of para-hydroxylation sites is 1. The minimum atomic E-state index is -5.07. The number of aliphatic hydroxyl groups excluding tert-OH is 4. The Morgan fingerprint density at radius 2 is 1.75 bits per heavy atom. The largest absolute Gasteiger partial charge is 0.468 e. The van der Waals surface area contributed by atoms with Crippen molar-refractivity contribution in [3.8, 4) is 0 Å². The Hall–Kier alpha value is -2.01. The second-order valence-electron chi connectivity index (χ2n) is 4.70. The normalized spacial score (nSPS) is 17.7. The van der Waals surface area contributed by atoms with Crippen molar-refractivity contribution in [2.75, 3.05) is 6.61 Å². The van der Waals surface area contributed by atoms with Gasteiger partial charge in [0, 0.05) is 0 Å². The van der Waals surface area contributed by atoms with E-state index in [4.69, 9.17) is 5.11 Å². The molecule has 0 saturated heterocycles. The zero-order valence-corrected chi connectivity index (χ0v) is 12.2. The van der Waals surface area contributed by atoms with Crippen molar-refractivity contribution in [3.63, 3.8) is 0 Å². The summed E-state index contributed by atoms with van der Waals surface area (Å²) in [7, 11) is 0. The first-order valence-corrected chi connectivity index (χ1v) is 6.68. The molecule has 1 aromatic rings. The van der Waals surface area contributed by atoms with Gasteiger partial charge in [-0.3, -0.25) is 4.79 Å². The van der Waals surface area contributed by atoms with Crippen LogP contribution in [0.15, 0.2) is 35.3 Å². The van der Waals surface area contributed by atoms with Crippen LogP contribution in [0, 0.1) is 0 Å². The standard InChI is InChI=1S/C14H16F3NO6/c15-14(16,17)13(18-8-4-2-1-3-5-8)24-10(7-20)12(23)11(22)9(21)6-19/h1-5,7,9-12,19,21-23H,6H2/b18-13-/t9-,10+,11-,12-/m1/s1. The number of hydrogen-bond acceptors (Lipinski definition) is 7. The lowest BCUT2D eigenvalue weighted by molar-refractivity contribution is -0.141. The molecule has 0 spiro atoms. The number of carbonyl (C=O) groups excluding carboxylic acids is 1. The van der Waals surface area contributed by atoms with Crippen LogP contribution >= 0.6 is 0 Å². The van der Waals surface area contributed by atoms with Gasteiger partial charge in [0.2, 0.25) is 0 Å². The van der Waals surface area contributed by atoms with E-state index >= 15 is 0 Å². The van der Waals surface area contributed by atoms with Gasteiger partial charge in [0.1, 0.15) is 18.3 Å². The number of halogens is 3. The molecular weight excluding hydrogens is 335 g/mol. The molecule has 0 saturated carbocycles. The number of ether oxygens (including phenoxy) is 1. The van der Waals surface area contributed by atoms with E-state index in [-0.39, 0.29) is 12.0 Å². The van der Waals surface area contributed by atoms with E-state index in [1.807, 2.05) is 0 Å². The van der Waals surface area contributed by atoms with E-state index in [9.17, 15) is 33.3 Å². The smallest absolute Gasteiger partial charge is 0.460 e. The van der Waals surface area contributed by atoms with Crippen LogP contribution < -0.4 is 0 Å². The molecule has 7 nitrogen and oxygen atoms in total. The van der Waals surface area contributed by atoms with Gasteiger partial charge in [0.05, 0.1) is 12.3 Å². The van der Waals surface area contributed by atoms with Crippen LogP contribution in [0.5, 0.6) is 0 Å². The first kappa shape index (κ1) is 20.0. The van der Waals surface area contributed by atoms with Crippen molar-refractivity contribution in [1.82, 2.24) is 0 Å². The molecule has 1 aromatic carbocycles. The molecule has 0 aliphatic carbocycles. The van der Waals surface area contributed by atoms with E-state index < -0.39 is 43.1 Å². The molecule has 0 aromatic heterocycles. The van der Waals surface area contributed by atoms with Crippen molar-refractivity contribution < 1.29 is 43.1 Å². The predicted molar refractivity (Wildman–Crippen MR) is 75.6 cm³/mol. The third-order valence-electron chi connectivity index (χ3n) is 2.88. The fourth-order valence-electron chi connectivity index (χ4n) is 1.61. The molecule has 1 rings (SSSR count). The average molecular weight is 351 g/mol. The van der Waals surface area contributed by atoms with Gasteiger partial charge in [-0.25, -0.2) is 4.99 Å². The highest BCUT2D eigenvalue weighted by Crippen LogP contribution is 2.24. The van der Waals surface area contributed by atoms with E-state index in [2.05, 4.69) is 9.73 Å². The Bertz CT molecular complexity index is 551. The van der Waals surface area contributed by atoms with Crippen LogP contribution in [0.2, 0.25) is 0 Å². The topological polar surface area (TPSA) is 120 Å². The minimum absolute atomic E-state index is 0.111. The number of rotatable bonds is 7. The molecule has 0 amide bonds. The maximum Gasteiger partial charge on any atom is 0.468 e. The first-order chi connectivity index (χ1) is 11.2. The summed E-state index contributed by atoms with van der Waals surface area (Å²) in [6.45, 7) is -0.978. The number of nitrogens with zero attached hydrogens (tertiary/aromatic N) is 1. The molecule has 10 heteroatoms. The number of aldehydes is 1. The molecule has 0 radical (unpaired) electrons. The highest BCUT2D eigenvalue weighted by Gasteiger charge is 2.42. The van der Waals surface area contributed by atoms with E-state index in [1.165, 1.54) is 24.3 Å². The number of aliphatic hydroxyl groups is 4. The van der Waals surface area contributed by atoms with Gasteiger partial charge in [0.25, 0.3) is 5.90 Å². The van der Waals surface area contributed by atoms with Crippen LogP contribution in [0.1, 0.15) is 0 Å². The number of benzene rings is 1. The van der Waals surface area contributed by atoms with Gasteiger partial charge in [-0.05, 0) is 12.1 Å². The Labute approximate surface area is 134 Å². The lowest BCUT2D eigenvalue weighted by atomic mass is 10.0. The van der Waals surface area contributed by atoms with Gasteiger partial charge < -0.3 is 25.2 Å². The summed E-state index contributed by atoms with van der Waals surface area (Å²) >= 11 is 0. The molecule has 0 aliphatic rings. The van der Waals surface area contributed by atoms with E-state index in [0.717, 1.165) is 0 Å². The molecule has 24 heavy (non-hydrogen) atoms. The summed E-state index contributed by atoms with van der Waals surface area (Å²) in [6, 6.07) is 6.93. The molecule has 4 atom stereocenters. The van der Waals surface area contributed by atoms with Crippen LogP contribution in [0.25, 0.3) is 0 Å². The molecular formula is C14H16F3NO6. The van der Waals surface area contributed by atoms with E-state index in [1.54, 1.807) is 6.07 Å². The number of carbonyl (C=O) groups is 1. The highest BCUT2D eigenvalue weighted by atomic mass is 19.4. The van der Waals surface area contributed by atoms with Gasteiger partial charge in [-0.15, -0.1) is 0 Å². The molecule has 0 bridgehead atoms. The van der Waals surface area contributed by atoms with Crippen LogP contribution in [0.3, 0.4) is 0 Å². The number of aliphatic imine (C=N–C) groups is 1. The van der Waals surface area contributed by atoms with Crippen LogP contribution in [0.4, 0.5) is 18.9 Å². The zero-order valence-electron chi connectivity index (χ0n) is 12.2. The number of alkyl halides is 3. The Morgan fingerprint density at radius 3 is 2.21 bits per heavy atom. The minimum Gasteiger partial charge on any atom is -0.460 e. The maximum atomic E-state index is 13.0. The lowest BCUT2D eigenvalue weighted by Crippen LogP contribution is -2.49. The maximum absolute atomic E-state index is 13.0. The molecule has 4 N–H and O–H groups in total. The van der Waals surface area contributed by atoms with Gasteiger partial charge in [-0.2, -0.15) is 13.2 Å². The van der Waals surface area contributed by atoms with Gasteiger partial charge in [0.15, 0.2) is 12.4 Å². The second kappa shape index (κ2) is 8.73. The Balaban J connectivity index is 3.04.